The number of alkyl halides is 1. The van der Waals surface area contributed by atoms with E-state index in [1.165, 1.54) is 6.07 Å². The molecule has 0 saturated heterocycles. The number of para-hydroxylation sites is 1. The minimum atomic E-state index is -0.130. The van der Waals surface area contributed by atoms with E-state index in [0.717, 1.165) is 0 Å². The van der Waals surface area contributed by atoms with Gasteiger partial charge >= 0.3 is 0 Å². The largest absolute Gasteiger partial charge is 0.459 e. The summed E-state index contributed by atoms with van der Waals surface area (Å²) in [7, 11) is 0. The van der Waals surface area contributed by atoms with E-state index in [4.69, 9.17) is 4.42 Å². The van der Waals surface area contributed by atoms with Crippen molar-refractivity contribution in [3.8, 4) is 0 Å². The van der Waals surface area contributed by atoms with E-state index in [-0.39, 0.29) is 10.3 Å². The molecule has 1 unspecified atom stereocenters. The van der Waals surface area contributed by atoms with Crippen molar-refractivity contribution < 1.29 is 4.42 Å². The Morgan fingerprint density at radius 2 is 2.13 bits per heavy atom. The molecule has 0 saturated carbocycles. The van der Waals surface area contributed by atoms with E-state index in [9.17, 15) is 4.79 Å². The van der Waals surface area contributed by atoms with Gasteiger partial charge in [0.15, 0.2) is 5.43 Å². The Labute approximate surface area is 95.4 Å². The minimum absolute atomic E-state index is 0.0295. The van der Waals surface area contributed by atoms with E-state index in [1.54, 1.807) is 18.2 Å². The molecule has 2 nitrogen and oxygen atoms in total. The van der Waals surface area contributed by atoms with Crippen molar-refractivity contribution in [3.63, 3.8) is 0 Å². The monoisotopic (exact) mass is 264 g/mol. The summed E-state index contributed by atoms with van der Waals surface area (Å²) < 4.78 is 5.58. The Bertz CT molecular complexity index is 557. The van der Waals surface area contributed by atoms with Gasteiger partial charge in [-0.25, -0.2) is 0 Å². The van der Waals surface area contributed by atoms with Gasteiger partial charge in [0.1, 0.15) is 11.3 Å². The summed E-state index contributed by atoms with van der Waals surface area (Å²) in [5, 5.41) is 0.602. The highest BCUT2D eigenvalue weighted by Gasteiger charge is 2.09. The van der Waals surface area contributed by atoms with Crippen molar-refractivity contribution in [1.29, 1.82) is 0 Å². The highest BCUT2D eigenvalue weighted by molar-refractivity contribution is 9.09. The van der Waals surface area contributed by atoms with Crippen LogP contribution < -0.4 is 5.43 Å². The number of halogens is 1. The maximum atomic E-state index is 11.7. The molecule has 0 radical (unpaired) electrons. The van der Waals surface area contributed by atoms with E-state index >= 15 is 0 Å². The summed E-state index contributed by atoms with van der Waals surface area (Å²) in [6, 6.07) is 8.68. The van der Waals surface area contributed by atoms with Crippen LogP contribution in [0.3, 0.4) is 0 Å². The van der Waals surface area contributed by atoms with Crippen molar-refractivity contribution >= 4 is 26.9 Å². The molecule has 1 heterocycles. The van der Waals surface area contributed by atoms with Crippen LogP contribution in [0.5, 0.6) is 0 Å². The predicted octanol–water partition coefficient (Wildman–Crippen LogP) is 3.42. The van der Waals surface area contributed by atoms with E-state index < -0.39 is 0 Å². The van der Waals surface area contributed by atoms with Crippen molar-refractivity contribution in [2.24, 2.45) is 0 Å². The van der Waals surface area contributed by atoms with E-state index in [1.807, 2.05) is 12.1 Å². The van der Waals surface area contributed by atoms with Gasteiger partial charge in [0.2, 0.25) is 0 Å². The van der Waals surface area contributed by atoms with Gasteiger partial charge in [-0.2, -0.15) is 0 Å². The van der Waals surface area contributed by atoms with Gasteiger partial charge in [-0.3, -0.25) is 4.79 Å². The first kappa shape index (κ1) is 10.2. The third-order valence-corrected chi connectivity index (χ3v) is 2.96. The second-order valence-corrected chi connectivity index (χ2v) is 4.13. The van der Waals surface area contributed by atoms with Crippen molar-refractivity contribution in [1.82, 2.24) is 0 Å². The lowest BCUT2D eigenvalue weighted by Crippen LogP contribution is -2.02. The Kier molecular flexibility index (Phi) is 2.73. The first-order valence-corrected chi connectivity index (χ1v) is 5.43. The Morgan fingerprint density at radius 1 is 1.40 bits per heavy atom. The molecule has 76 valence electrons. The first-order valence-electron chi connectivity index (χ1n) is 4.52. The number of hydrogen-bond donors (Lipinski definition) is 0. The fraction of sp³-hybridized carbons (Fsp3) is 0.0833. The number of benzene rings is 1. The quantitative estimate of drug-likeness (QED) is 0.615. The van der Waals surface area contributed by atoms with Crippen molar-refractivity contribution in [2.75, 3.05) is 0 Å². The molecule has 0 aliphatic heterocycles. The highest BCUT2D eigenvalue weighted by Crippen LogP contribution is 2.24. The minimum Gasteiger partial charge on any atom is -0.459 e. The maximum absolute atomic E-state index is 11.7. The lowest BCUT2D eigenvalue weighted by Gasteiger charge is -2.04. The lowest BCUT2D eigenvalue weighted by atomic mass is 10.2. The van der Waals surface area contributed by atoms with Gasteiger partial charge in [-0.05, 0) is 12.1 Å². The van der Waals surface area contributed by atoms with Crippen LogP contribution in [-0.2, 0) is 0 Å². The second kappa shape index (κ2) is 4.03. The fourth-order valence-electron chi connectivity index (χ4n) is 1.37. The molecular formula is C12H9BrO2. The van der Waals surface area contributed by atoms with Crippen molar-refractivity contribution in [3.05, 3.63) is 59.0 Å². The summed E-state index contributed by atoms with van der Waals surface area (Å²) in [6.07, 6.45) is 1.67. The average molecular weight is 265 g/mol. The summed E-state index contributed by atoms with van der Waals surface area (Å²) in [5.41, 5.74) is 0.574. The highest BCUT2D eigenvalue weighted by atomic mass is 79.9. The zero-order chi connectivity index (χ0) is 10.8. The van der Waals surface area contributed by atoms with Gasteiger partial charge in [0.25, 0.3) is 0 Å². The van der Waals surface area contributed by atoms with Crippen LogP contribution in [0.15, 0.2) is 52.2 Å². The van der Waals surface area contributed by atoms with Crippen LogP contribution in [0.25, 0.3) is 11.0 Å². The number of fused-ring (bicyclic) bond motifs is 1. The second-order valence-electron chi connectivity index (χ2n) is 3.15. The maximum Gasteiger partial charge on any atom is 0.193 e. The van der Waals surface area contributed by atoms with Gasteiger partial charge in [0.05, 0.1) is 10.2 Å². The lowest BCUT2D eigenvalue weighted by molar-refractivity contribution is 0.550. The molecule has 0 N–H and O–H groups in total. The molecule has 0 fully saturated rings. The van der Waals surface area contributed by atoms with Crippen molar-refractivity contribution in [2.45, 2.75) is 4.83 Å². The third-order valence-electron chi connectivity index (χ3n) is 2.13. The fourth-order valence-corrected chi connectivity index (χ4v) is 1.60. The third kappa shape index (κ3) is 1.88. The summed E-state index contributed by atoms with van der Waals surface area (Å²) in [5.74, 6) is 0.578. The van der Waals surface area contributed by atoms with Crippen LogP contribution in [0.2, 0.25) is 0 Å². The number of hydrogen-bond acceptors (Lipinski definition) is 2. The van der Waals surface area contributed by atoms with Crippen LogP contribution in [-0.4, -0.2) is 0 Å². The van der Waals surface area contributed by atoms with Crippen LogP contribution in [0, 0.1) is 0 Å². The molecule has 0 amide bonds. The normalized spacial score (nSPS) is 12.6. The molecule has 0 spiro atoms. The topological polar surface area (TPSA) is 30.2 Å². The van der Waals surface area contributed by atoms with E-state index in [2.05, 4.69) is 22.5 Å². The smallest absolute Gasteiger partial charge is 0.193 e. The summed E-state index contributed by atoms with van der Waals surface area (Å²) >= 11 is 3.35. The molecule has 2 aromatic rings. The van der Waals surface area contributed by atoms with Crippen LogP contribution in [0.1, 0.15) is 10.6 Å². The molecule has 0 bridgehead atoms. The SMILES string of the molecule is C=CC(Br)c1cc(=O)c2ccccc2o1. The Hall–Kier alpha value is -1.35. The van der Waals surface area contributed by atoms with Gasteiger partial charge in [-0.15, -0.1) is 6.58 Å². The summed E-state index contributed by atoms with van der Waals surface area (Å²) in [6.45, 7) is 3.64. The first-order chi connectivity index (χ1) is 7.22. The van der Waals surface area contributed by atoms with Gasteiger partial charge in [-0.1, -0.05) is 34.1 Å². The molecule has 15 heavy (non-hydrogen) atoms. The summed E-state index contributed by atoms with van der Waals surface area (Å²) in [4.78, 5) is 11.6. The Balaban J connectivity index is 2.73. The molecule has 2 rings (SSSR count). The molecule has 0 aliphatic carbocycles. The zero-order valence-electron chi connectivity index (χ0n) is 7.94. The predicted molar refractivity (Wildman–Crippen MR) is 64.3 cm³/mol. The molecule has 0 aliphatic rings. The van der Waals surface area contributed by atoms with Crippen LogP contribution >= 0.6 is 15.9 Å². The molecule has 3 heteroatoms. The molecule has 1 atom stereocenters. The van der Waals surface area contributed by atoms with E-state index in [0.29, 0.717) is 16.7 Å². The van der Waals surface area contributed by atoms with Crippen LogP contribution in [0.4, 0.5) is 0 Å². The molecular weight excluding hydrogens is 256 g/mol. The van der Waals surface area contributed by atoms with Gasteiger partial charge < -0.3 is 4.42 Å². The zero-order valence-corrected chi connectivity index (χ0v) is 9.53. The Morgan fingerprint density at radius 3 is 2.87 bits per heavy atom. The molecule has 1 aromatic carbocycles. The van der Waals surface area contributed by atoms with Gasteiger partial charge in [0, 0.05) is 6.07 Å². The average Bonchev–Trinajstić information content (AvgIpc) is 2.28. The standard InChI is InChI=1S/C12H9BrO2/c1-2-9(13)12-7-10(14)8-5-3-4-6-11(8)15-12/h2-7,9H,1H2. The number of allylic oxidation sites excluding steroid dienone is 1. The molecule has 1 aromatic heterocycles. The number of rotatable bonds is 2.